The van der Waals surface area contributed by atoms with Crippen LogP contribution in [0.25, 0.3) is 0 Å². The average Bonchev–Trinajstić information content (AvgIpc) is 3.08. The van der Waals surface area contributed by atoms with Crippen molar-refractivity contribution in [2.75, 3.05) is 19.7 Å². The van der Waals surface area contributed by atoms with Gasteiger partial charge in [0, 0.05) is 17.6 Å². The second-order valence-electron chi connectivity index (χ2n) is 5.40. The smallest absolute Gasteiger partial charge is 0.417 e. The Morgan fingerprint density at radius 1 is 1.27 bits per heavy atom. The van der Waals surface area contributed by atoms with Crippen LogP contribution in [0, 0.1) is 0 Å². The van der Waals surface area contributed by atoms with E-state index in [-0.39, 0.29) is 24.5 Å². The first-order valence-electron chi connectivity index (χ1n) is 7.05. The van der Waals surface area contributed by atoms with Crippen LogP contribution in [0.5, 0.6) is 0 Å². The van der Waals surface area contributed by atoms with Crippen LogP contribution in [0.4, 0.5) is 4.79 Å². The monoisotopic (exact) mass is 366 g/mol. The zero-order valence-corrected chi connectivity index (χ0v) is 13.4. The lowest BCUT2D eigenvalue weighted by Crippen LogP contribution is -2.42. The highest BCUT2D eigenvalue weighted by Gasteiger charge is 2.41. The predicted molar refractivity (Wildman–Crippen MR) is 81.0 cm³/mol. The molecule has 0 aliphatic carbocycles. The number of carbonyl (C=O) groups excluding carboxylic acids is 3. The van der Waals surface area contributed by atoms with Crippen molar-refractivity contribution in [1.82, 2.24) is 9.80 Å². The minimum Gasteiger partial charge on any atom is -0.439 e. The van der Waals surface area contributed by atoms with Crippen LogP contribution in [0.15, 0.2) is 28.7 Å². The van der Waals surface area contributed by atoms with E-state index < -0.39 is 6.09 Å². The molecular weight excluding hydrogens is 352 g/mol. The van der Waals surface area contributed by atoms with E-state index in [1.165, 1.54) is 0 Å². The number of cyclic esters (lactones) is 1. The standard InChI is InChI=1S/C15H15BrN2O4/c16-11-3-1-10(2-4-11)7-13(19)17-6-5-12(8-17)18-14(20)9-22-15(18)21/h1-4,12H,5-9H2. The molecule has 1 aromatic carbocycles. The summed E-state index contributed by atoms with van der Waals surface area (Å²) >= 11 is 3.36. The van der Waals surface area contributed by atoms with Crippen LogP contribution < -0.4 is 0 Å². The molecule has 0 aromatic heterocycles. The van der Waals surface area contributed by atoms with Gasteiger partial charge in [-0.15, -0.1) is 0 Å². The molecule has 3 amide bonds. The molecule has 2 aliphatic heterocycles. The van der Waals surface area contributed by atoms with Crippen LogP contribution in [0.3, 0.4) is 0 Å². The van der Waals surface area contributed by atoms with Gasteiger partial charge >= 0.3 is 6.09 Å². The molecule has 7 heteroatoms. The first-order valence-corrected chi connectivity index (χ1v) is 7.85. The minimum absolute atomic E-state index is 0.00448. The molecule has 2 fully saturated rings. The van der Waals surface area contributed by atoms with Crippen molar-refractivity contribution in [3.63, 3.8) is 0 Å². The van der Waals surface area contributed by atoms with Crippen molar-refractivity contribution in [2.24, 2.45) is 0 Å². The summed E-state index contributed by atoms with van der Waals surface area (Å²) in [4.78, 5) is 38.4. The number of carbonyl (C=O) groups is 3. The SMILES string of the molecule is O=C(Cc1ccc(Br)cc1)N1CCC(N2C(=O)COC2=O)C1. The summed E-state index contributed by atoms with van der Waals surface area (Å²) in [7, 11) is 0. The van der Waals surface area contributed by atoms with Crippen molar-refractivity contribution in [3.05, 3.63) is 34.3 Å². The number of hydrogen-bond acceptors (Lipinski definition) is 4. The number of ether oxygens (including phenoxy) is 1. The highest BCUT2D eigenvalue weighted by Crippen LogP contribution is 2.21. The number of nitrogens with zero attached hydrogens (tertiary/aromatic N) is 2. The Hall–Kier alpha value is -1.89. The minimum atomic E-state index is -0.600. The third-order valence-corrected chi connectivity index (χ3v) is 4.46. The van der Waals surface area contributed by atoms with Crippen molar-refractivity contribution in [2.45, 2.75) is 18.9 Å². The molecule has 2 heterocycles. The first-order chi connectivity index (χ1) is 10.5. The van der Waals surface area contributed by atoms with Crippen molar-refractivity contribution < 1.29 is 19.1 Å². The van der Waals surface area contributed by atoms with Crippen LogP contribution in [0.1, 0.15) is 12.0 Å². The number of likely N-dealkylation sites (tertiary alicyclic amines) is 1. The van der Waals surface area contributed by atoms with Crippen LogP contribution in [-0.2, 0) is 20.7 Å². The van der Waals surface area contributed by atoms with Crippen molar-refractivity contribution in [3.8, 4) is 0 Å². The lowest BCUT2D eigenvalue weighted by molar-refractivity contribution is -0.131. The summed E-state index contributed by atoms with van der Waals surface area (Å²) in [6.45, 7) is 0.745. The molecule has 0 N–H and O–H groups in total. The third-order valence-electron chi connectivity index (χ3n) is 3.93. The van der Waals surface area contributed by atoms with E-state index in [2.05, 4.69) is 15.9 Å². The molecule has 0 saturated carbocycles. The van der Waals surface area contributed by atoms with Gasteiger partial charge in [0.1, 0.15) is 0 Å². The van der Waals surface area contributed by atoms with Gasteiger partial charge in [0.05, 0.1) is 12.5 Å². The van der Waals surface area contributed by atoms with Gasteiger partial charge in [-0.2, -0.15) is 0 Å². The summed E-state index contributed by atoms with van der Waals surface area (Å²) in [6, 6.07) is 7.33. The number of amides is 3. The Morgan fingerprint density at radius 2 is 2.00 bits per heavy atom. The maximum absolute atomic E-state index is 12.3. The quantitative estimate of drug-likeness (QED) is 0.814. The lowest BCUT2D eigenvalue weighted by Gasteiger charge is -2.20. The lowest BCUT2D eigenvalue weighted by atomic mass is 10.1. The fraction of sp³-hybridized carbons (Fsp3) is 0.400. The molecule has 116 valence electrons. The molecule has 6 nitrogen and oxygen atoms in total. The second-order valence-corrected chi connectivity index (χ2v) is 6.32. The molecule has 3 rings (SSSR count). The molecule has 1 atom stereocenters. The molecule has 0 radical (unpaired) electrons. The normalized spacial score (nSPS) is 21.4. The van der Waals surface area contributed by atoms with E-state index in [0.29, 0.717) is 25.9 Å². The fourth-order valence-corrected chi connectivity index (χ4v) is 3.05. The van der Waals surface area contributed by atoms with Gasteiger partial charge in [-0.1, -0.05) is 28.1 Å². The summed E-state index contributed by atoms with van der Waals surface area (Å²) in [5.41, 5.74) is 0.938. The number of benzene rings is 1. The molecule has 1 aromatic rings. The van der Waals surface area contributed by atoms with Crippen LogP contribution >= 0.6 is 15.9 Å². The van der Waals surface area contributed by atoms with Gasteiger partial charge in [-0.25, -0.2) is 9.69 Å². The molecule has 0 spiro atoms. The molecule has 2 aliphatic rings. The maximum Gasteiger partial charge on any atom is 0.417 e. The van der Waals surface area contributed by atoms with Crippen molar-refractivity contribution >= 4 is 33.8 Å². The highest BCUT2D eigenvalue weighted by atomic mass is 79.9. The Morgan fingerprint density at radius 3 is 2.64 bits per heavy atom. The zero-order valence-electron chi connectivity index (χ0n) is 11.8. The van der Waals surface area contributed by atoms with Crippen molar-refractivity contribution in [1.29, 1.82) is 0 Å². The topological polar surface area (TPSA) is 66.9 Å². The maximum atomic E-state index is 12.3. The Bertz CT molecular complexity index is 600. The van der Waals surface area contributed by atoms with E-state index in [1.54, 1.807) is 4.90 Å². The second kappa shape index (κ2) is 6.08. The zero-order chi connectivity index (χ0) is 15.7. The largest absolute Gasteiger partial charge is 0.439 e. The number of imide groups is 1. The van der Waals surface area contributed by atoms with Gasteiger partial charge in [0.15, 0.2) is 6.61 Å². The molecule has 22 heavy (non-hydrogen) atoms. The first kappa shape index (κ1) is 15.0. The molecule has 1 unspecified atom stereocenters. The fourth-order valence-electron chi connectivity index (χ4n) is 2.78. The highest BCUT2D eigenvalue weighted by molar-refractivity contribution is 9.10. The van der Waals surface area contributed by atoms with Gasteiger partial charge in [0.2, 0.25) is 5.91 Å². The van der Waals surface area contributed by atoms with Crippen LogP contribution in [0.2, 0.25) is 0 Å². The number of halogens is 1. The predicted octanol–water partition coefficient (Wildman–Crippen LogP) is 1.57. The molecular formula is C15H15BrN2O4. The summed E-state index contributed by atoms with van der Waals surface area (Å²) < 4.78 is 5.69. The Kier molecular flexibility index (Phi) is 4.15. The summed E-state index contributed by atoms with van der Waals surface area (Å²) in [5, 5.41) is 0. The van der Waals surface area contributed by atoms with Gasteiger partial charge in [-0.3, -0.25) is 9.59 Å². The Balaban J connectivity index is 1.60. The molecule has 0 bridgehead atoms. The van der Waals surface area contributed by atoms with Gasteiger partial charge in [-0.05, 0) is 24.1 Å². The number of rotatable bonds is 3. The van der Waals surface area contributed by atoms with E-state index in [4.69, 9.17) is 4.74 Å². The van der Waals surface area contributed by atoms with Gasteiger partial charge < -0.3 is 9.64 Å². The molecule has 2 saturated heterocycles. The van der Waals surface area contributed by atoms with E-state index in [9.17, 15) is 14.4 Å². The number of hydrogen-bond donors (Lipinski definition) is 0. The average molecular weight is 367 g/mol. The van der Waals surface area contributed by atoms with E-state index in [0.717, 1.165) is 14.9 Å². The van der Waals surface area contributed by atoms with E-state index >= 15 is 0 Å². The Labute approximate surface area is 136 Å². The summed E-state index contributed by atoms with van der Waals surface area (Å²) in [5.74, 6) is -0.318. The third kappa shape index (κ3) is 2.99. The van der Waals surface area contributed by atoms with E-state index in [1.807, 2.05) is 24.3 Å². The van der Waals surface area contributed by atoms with Gasteiger partial charge in [0.25, 0.3) is 5.91 Å². The van der Waals surface area contributed by atoms with Crippen LogP contribution in [-0.4, -0.2) is 53.4 Å². The summed E-state index contributed by atoms with van der Waals surface area (Å²) in [6.07, 6.45) is 0.322.